The SMILES string of the molecule is COc1cc(C(C)N(CCOCc2ccccc2)C(=O)NC2(C(=O)O)CC(OC)C2)cc(OC)c1C1CC1. The molecular weight excluding hydrogens is 488 g/mol. The van der Waals surface area contributed by atoms with Gasteiger partial charge in [0.05, 0.1) is 39.6 Å². The van der Waals surface area contributed by atoms with Crippen molar-refractivity contribution in [3.63, 3.8) is 0 Å². The van der Waals surface area contributed by atoms with Gasteiger partial charge in [-0.15, -0.1) is 0 Å². The number of benzene rings is 2. The molecule has 2 aromatic rings. The molecule has 2 N–H and O–H groups in total. The number of rotatable bonds is 13. The predicted octanol–water partition coefficient (Wildman–Crippen LogP) is 4.50. The van der Waals surface area contributed by atoms with Crippen LogP contribution in [0.3, 0.4) is 0 Å². The van der Waals surface area contributed by atoms with E-state index in [9.17, 15) is 14.7 Å². The van der Waals surface area contributed by atoms with Crippen LogP contribution in [0.5, 0.6) is 11.5 Å². The van der Waals surface area contributed by atoms with Crippen molar-refractivity contribution in [3.8, 4) is 11.5 Å². The Morgan fingerprint density at radius 1 is 1.08 bits per heavy atom. The van der Waals surface area contributed by atoms with Gasteiger partial charge in [-0.05, 0) is 48.9 Å². The number of carboxylic acid groups (broad SMARTS) is 1. The van der Waals surface area contributed by atoms with Crippen molar-refractivity contribution < 1.29 is 33.6 Å². The molecule has 1 atom stereocenters. The van der Waals surface area contributed by atoms with E-state index in [2.05, 4.69) is 5.32 Å². The number of carboxylic acids is 1. The zero-order chi connectivity index (χ0) is 27.3. The minimum atomic E-state index is -1.36. The fourth-order valence-corrected chi connectivity index (χ4v) is 5.04. The van der Waals surface area contributed by atoms with Gasteiger partial charge in [-0.2, -0.15) is 0 Å². The molecule has 2 aliphatic rings. The average molecular weight is 527 g/mol. The van der Waals surface area contributed by atoms with Crippen molar-refractivity contribution in [3.05, 3.63) is 59.2 Å². The Morgan fingerprint density at radius 3 is 2.24 bits per heavy atom. The van der Waals surface area contributed by atoms with Gasteiger partial charge in [-0.1, -0.05) is 30.3 Å². The maximum Gasteiger partial charge on any atom is 0.329 e. The Balaban J connectivity index is 1.55. The maximum atomic E-state index is 13.6. The molecule has 9 nitrogen and oxygen atoms in total. The highest BCUT2D eigenvalue weighted by Crippen LogP contribution is 2.50. The Bertz CT molecular complexity index is 1090. The summed E-state index contributed by atoms with van der Waals surface area (Å²) in [5, 5.41) is 12.7. The van der Waals surface area contributed by atoms with Gasteiger partial charge in [0.2, 0.25) is 0 Å². The maximum absolute atomic E-state index is 13.6. The van der Waals surface area contributed by atoms with E-state index in [-0.39, 0.29) is 32.1 Å². The summed E-state index contributed by atoms with van der Waals surface area (Å²) < 4.78 is 22.6. The lowest BCUT2D eigenvalue weighted by molar-refractivity contribution is -0.155. The van der Waals surface area contributed by atoms with E-state index < -0.39 is 23.6 Å². The van der Waals surface area contributed by atoms with Gasteiger partial charge in [0, 0.05) is 32.1 Å². The van der Waals surface area contributed by atoms with Crippen LogP contribution in [-0.2, 0) is 20.9 Å². The fourth-order valence-electron chi connectivity index (χ4n) is 5.04. The number of hydrogen-bond acceptors (Lipinski definition) is 6. The summed E-state index contributed by atoms with van der Waals surface area (Å²) in [5.41, 5.74) is 1.56. The van der Waals surface area contributed by atoms with Crippen LogP contribution in [0.1, 0.15) is 61.3 Å². The molecule has 9 heteroatoms. The molecule has 0 radical (unpaired) electrons. The summed E-state index contributed by atoms with van der Waals surface area (Å²) in [6.45, 7) is 2.87. The first-order chi connectivity index (χ1) is 18.3. The van der Waals surface area contributed by atoms with Crippen molar-refractivity contribution in [2.45, 2.75) is 62.8 Å². The first-order valence-corrected chi connectivity index (χ1v) is 13.0. The molecule has 0 aromatic heterocycles. The van der Waals surface area contributed by atoms with E-state index in [0.717, 1.165) is 41.0 Å². The number of aliphatic carboxylic acids is 1. The van der Waals surface area contributed by atoms with Crippen LogP contribution in [0.25, 0.3) is 0 Å². The van der Waals surface area contributed by atoms with Crippen molar-refractivity contribution in [2.24, 2.45) is 0 Å². The Hall–Kier alpha value is -3.30. The summed E-state index contributed by atoms with van der Waals surface area (Å²) in [6.07, 6.45) is 2.42. The minimum absolute atomic E-state index is 0.199. The number of methoxy groups -OCH3 is 3. The standard InChI is InChI=1S/C29H38N2O7/c1-19(22-14-24(36-3)26(21-10-11-21)25(15-22)37-4)31(12-13-38-18-20-8-6-5-7-9-20)28(34)30-29(27(32)33)16-23(17-29)35-2/h5-9,14-15,19,21,23H,10-13,16-18H2,1-4H3,(H,30,34)(H,32,33). The number of carbonyl (C=O) groups excluding carboxylic acids is 1. The van der Waals surface area contributed by atoms with Crippen LogP contribution >= 0.6 is 0 Å². The molecule has 0 saturated heterocycles. The van der Waals surface area contributed by atoms with Gasteiger partial charge in [-0.25, -0.2) is 9.59 Å². The molecule has 0 heterocycles. The molecule has 0 spiro atoms. The lowest BCUT2D eigenvalue weighted by Crippen LogP contribution is -2.66. The number of amides is 2. The Morgan fingerprint density at radius 2 is 1.71 bits per heavy atom. The highest BCUT2D eigenvalue weighted by atomic mass is 16.5. The quantitative estimate of drug-likeness (QED) is 0.370. The molecule has 4 rings (SSSR count). The number of urea groups is 1. The highest BCUT2D eigenvalue weighted by molar-refractivity contribution is 5.87. The molecule has 2 aromatic carbocycles. The second-order valence-electron chi connectivity index (χ2n) is 10.1. The van der Waals surface area contributed by atoms with Gasteiger partial charge in [0.25, 0.3) is 0 Å². The molecule has 0 aliphatic heterocycles. The van der Waals surface area contributed by atoms with E-state index >= 15 is 0 Å². The van der Waals surface area contributed by atoms with Gasteiger partial charge in [-0.3, -0.25) is 0 Å². The molecule has 2 amide bonds. The monoisotopic (exact) mass is 526 g/mol. The number of ether oxygens (including phenoxy) is 4. The van der Waals surface area contributed by atoms with Crippen LogP contribution in [0.4, 0.5) is 4.79 Å². The molecule has 1 unspecified atom stereocenters. The van der Waals surface area contributed by atoms with Crippen molar-refractivity contribution in [2.75, 3.05) is 34.5 Å². The summed E-state index contributed by atoms with van der Waals surface area (Å²) in [7, 11) is 4.82. The molecular formula is C29H38N2O7. The molecule has 38 heavy (non-hydrogen) atoms. The molecule has 0 bridgehead atoms. The van der Waals surface area contributed by atoms with Gasteiger partial charge in [0.1, 0.15) is 17.0 Å². The number of carbonyl (C=O) groups is 2. The lowest BCUT2D eigenvalue weighted by Gasteiger charge is -2.45. The van der Waals surface area contributed by atoms with Gasteiger partial charge >= 0.3 is 12.0 Å². The van der Waals surface area contributed by atoms with E-state index in [1.54, 1.807) is 26.2 Å². The van der Waals surface area contributed by atoms with Crippen molar-refractivity contribution in [1.82, 2.24) is 10.2 Å². The number of nitrogens with one attached hydrogen (secondary N) is 1. The molecule has 206 valence electrons. The zero-order valence-corrected chi connectivity index (χ0v) is 22.6. The van der Waals surface area contributed by atoms with E-state index in [0.29, 0.717) is 12.5 Å². The lowest BCUT2D eigenvalue weighted by atomic mass is 9.74. The van der Waals surface area contributed by atoms with Crippen LogP contribution in [0, 0.1) is 0 Å². The van der Waals surface area contributed by atoms with Crippen molar-refractivity contribution >= 4 is 12.0 Å². The van der Waals surface area contributed by atoms with Gasteiger partial charge in [0.15, 0.2) is 0 Å². The summed E-state index contributed by atoms with van der Waals surface area (Å²) in [6, 6.07) is 12.8. The second kappa shape index (κ2) is 12.0. The van der Waals surface area contributed by atoms with Crippen LogP contribution < -0.4 is 14.8 Å². The van der Waals surface area contributed by atoms with Crippen molar-refractivity contribution in [1.29, 1.82) is 0 Å². The third-order valence-corrected chi connectivity index (χ3v) is 7.59. The third kappa shape index (κ3) is 6.05. The molecule has 2 saturated carbocycles. The van der Waals surface area contributed by atoms with Crippen LogP contribution in [0.15, 0.2) is 42.5 Å². The van der Waals surface area contributed by atoms with Gasteiger partial charge < -0.3 is 34.3 Å². The molecule has 2 fully saturated rings. The highest BCUT2D eigenvalue weighted by Gasteiger charge is 2.52. The summed E-state index contributed by atoms with van der Waals surface area (Å²) >= 11 is 0. The normalized spacial score (nSPS) is 21.2. The first kappa shape index (κ1) is 27.7. The van der Waals surface area contributed by atoms with Crippen LogP contribution in [-0.4, -0.2) is 68.1 Å². The fraction of sp³-hybridized carbons (Fsp3) is 0.517. The smallest absolute Gasteiger partial charge is 0.329 e. The largest absolute Gasteiger partial charge is 0.496 e. The number of hydrogen-bond donors (Lipinski definition) is 2. The topological polar surface area (TPSA) is 107 Å². The summed E-state index contributed by atoms with van der Waals surface area (Å²) in [5.74, 6) is 0.818. The second-order valence-corrected chi connectivity index (χ2v) is 10.1. The molecule has 2 aliphatic carbocycles. The first-order valence-electron chi connectivity index (χ1n) is 13.0. The van der Waals surface area contributed by atoms with E-state index in [1.807, 2.05) is 49.4 Å². The minimum Gasteiger partial charge on any atom is -0.496 e. The predicted molar refractivity (Wildman–Crippen MR) is 142 cm³/mol. The Kier molecular flexibility index (Phi) is 8.79. The third-order valence-electron chi connectivity index (χ3n) is 7.59. The number of nitrogens with zero attached hydrogens (tertiary/aromatic N) is 1. The van der Waals surface area contributed by atoms with E-state index in [1.165, 1.54) is 0 Å². The Labute approximate surface area is 224 Å². The average Bonchev–Trinajstić information content (AvgIpc) is 3.74. The summed E-state index contributed by atoms with van der Waals surface area (Å²) in [4.78, 5) is 27.3. The van der Waals surface area contributed by atoms with E-state index in [4.69, 9.17) is 18.9 Å². The van der Waals surface area contributed by atoms with Crippen LogP contribution in [0.2, 0.25) is 0 Å². The zero-order valence-electron chi connectivity index (χ0n) is 22.6.